The SMILES string of the molecule is CCCN(CCO)C(=O)NC1COCC1(C)C(=O)O. The van der Waals surface area contributed by atoms with Crippen LogP contribution in [0.15, 0.2) is 0 Å². The van der Waals surface area contributed by atoms with Gasteiger partial charge in [0.05, 0.1) is 25.9 Å². The van der Waals surface area contributed by atoms with Gasteiger partial charge in [-0.2, -0.15) is 0 Å². The summed E-state index contributed by atoms with van der Waals surface area (Å²) >= 11 is 0. The van der Waals surface area contributed by atoms with Gasteiger partial charge in [0, 0.05) is 13.1 Å². The van der Waals surface area contributed by atoms with Crippen LogP contribution in [0, 0.1) is 5.41 Å². The van der Waals surface area contributed by atoms with Crippen LogP contribution in [-0.2, 0) is 9.53 Å². The zero-order valence-electron chi connectivity index (χ0n) is 11.4. The standard InChI is InChI=1S/C12H22N2O5/c1-3-4-14(5-6-15)11(18)13-9-7-19-8-12(9,2)10(16)17/h9,15H,3-8H2,1-2H3,(H,13,18)(H,16,17). The van der Waals surface area contributed by atoms with Gasteiger partial charge in [0.15, 0.2) is 0 Å². The van der Waals surface area contributed by atoms with Crippen molar-refractivity contribution in [3.8, 4) is 0 Å². The molecule has 1 fully saturated rings. The Hall–Kier alpha value is -1.34. The molecular weight excluding hydrogens is 252 g/mol. The summed E-state index contributed by atoms with van der Waals surface area (Å²) in [5.41, 5.74) is -1.10. The Labute approximate surface area is 112 Å². The van der Waals surface area contributed by atoms with E-state index in [1.165, 1.54) is 4.90 Å². The quantitative estimate of drug-likeness (QED) is 0.627. The van der Waals surface area contributed by atoms with Crippen LogP contribution in [0.1, 0.15) is 20.3 Å². The van der Waals surface area contributed by atoms with Gasteiger partial charge in [0.1, 0.15) is 5.41 Å². The lowest BCUT2D eigenvalue weighted by Gasteiger charge is -2.29. The number of carboxylic acids is 1. The summed E-state index contributed by atoms with van der Waals surface area (Å²) in [6.45, 7) is 4.39. The van der Waals surface area contributed by atoms with Gasteiger partial charge in [-0.15, -0.1) is 0 Å². The van der Waals surface area contributed by atoms with E-state index in [4.69, 9.17) is 9.84 Å². The van der Waals surface area contributed by atoms with E-state index in [1.807, 2.05) is 6.92 Å². The monoisotopic (exact) mass is 274 g/mol. The molecule has 0 aliphatic carbocycles. The smallest absolute Gasteiger partial charge is 0.317 e. The van der Waals surface area contributed by atoms with Gasteiger partial charge >= 0.3 is 12.0 Å². The maximum absolute atomic E-state index is 12.0. The van der Waals surface area contributed by atoms with Crippen molar-refractivity contribution >= 4 is 12.0 Å². The molecule has 0 spiro atoms. The number of ether oxygens (including phenoxy) is 1. The zero-order valence-corrected chi connectivity index (χ0v) is 11.4. The Balaban J connectivity index is 2.66. The van der Waals surface area contributed by atoms with Crippen LogP contribution in [0.4, 0.5) is 4.79 Å². The molecule has 110 valence electrons. The summed E-state index contributed by atoms with van der Waals surface area (Å²) in [5.74, 6) is -0.987. The molecule has 1 heterocycles. The summed E-state index contributed by atoms with van der Waals surface area (Å²) in [4.78, 5) is 24.8. The number of carboxylic acid groups (broad SMARTS) is 1. The molecule has 0 bridgehead atoms. The second kappa shape index (κ2) is 6.72. The normalized spacial score (nSPS) is 26.2. The second-order valence-electron chi connectivity index (χ2n) is 4.95. The number of rotatable bonds is 6. The van der Waals surface area contributed by atoms with Gasteiger partial charge in [-0.3, -0.25) is 4.79 Å². The lowest BCUT2D eigenvalue weighted by Crippen LogP contribution is -2.53. The van der Waals surface area contributed by atoms with E-state index in [0.717, 1.165) is 6.42 Å². The van der Waals surface area contributed by atoms with Gasteiger partial charge < -0.3 is 25.2 Å². The number of nitrogens with zero attached hydrogens (tertiary/aromatic N) is 1. The largest absolute Gasteiger partial charge is 0.481 e. The van der Waals surface area contributed by atoms with E-state index in [2.05, 4.69) is 5.32 Å². The van der Waals surface area contributed by atoms with Crippen LogP contribution in [0.3, 0.4) is 0 Å². The fourth-order valence-electron chi connectivity index (χ4n) is 2.03. The Bertz CT molecular complexity index is 330. The van der Waals surface area contributed by atoms with Crippen LogP contribution in [0.2, 0.25) is 0 Å². The van der Waals surface area contributed by atoms with Crippen molar-refractivity contribution in [3.05, 3.63) is 0 Å². The number of carbonyl (C=O) groups is 2. The van der Waals surface area contributed by atoms with Crippen molar-refractivity contribution in [2.24, 2.45) is 5.41 Å². The van der Waals surface area contributed by atoms with Crippen molar-refractivity contribution in [2.75, 3.05) is 32.9 Å². The Morgan fingerprint density at radius 2 is 2.16 bits per heavy atom. The number of nitrogens with one attached hydrogen (secondary N) is 1. The Kier molecular flexibility index (Phi) is 5.56. The van der Waals surface area contributed by atoms with E-state index in [-0.39, 0.29) is 32.4 Å². The first-order chi connectivity index (χ1) is 8.95. The highest BCUT2D eigenvalue weighted by atomic mass is 16.5. The predicted molar refractivity (Wildman–Crippen MR) is 67.8 cm³/mol. The molecule has 19 heavy (non-hydrogen) atoms. The molecule has 0 aromatic carbocycles. The van der Waals surface area contributed by atoms with Gasteiger partial charge in [-0.1, -0.05) is 6.92 Å². The molecule has 7 nitrogen and oxygen atoms in total. The van der Waals surface area contributed by atoms with Gasteiger partial charge in [-0.05, 0) is 13.3 Å². The molecule has 1 rings (SSSR count). The maximum atomic E-state index is 12.0. The van der Waals surface area contributed by atoms with Gasteiger partial charge in [0.2, 0.25) is 0 Å². The van der Waals surface area contributed by atoms with Crippen molar-refractivity contribution in [1.29, 1.82) is 0 Å². The first-order valence-corrected chi connectivity index (χ1v) is 6.43. The molecule has 3 N–H and O–H groups in total. The predicted octanol–water partition coefficient (Wildman–Crippen LogP) is -0.110. The average Bonchev–Trinajstić information content (AvgIpc) is 2.72. The summed E-state index contributed by atoms with van der Waals surface area (Å²) < 4.78 is 5.17. The van der Waals surface area contributed by atoms with Crippen LogP contribution in [0.5, 0.6) is 0 Å². The van der Waals surface area contributed by atoms with Crippen LogP contribution < -0.4 is 5.32 Å². The van der Waals surface area contributed by atoms with Gasteiger partial charge in [-0.25, -0.2) is 4.79 Å². The molecule has 0 saturated carbocycles. The maximum Gasteiger partial charge on any atom is 0.317 e. The Morgan fingerprint density at radius 3 is 2.68 bits per heavy atom. The first kappa shape index (κ1) is 15.7. The van der Waals surface area contributed by atoms with Crippen LogP contribution >= 0.6 is 0 Å². The third-order valence-corrected chi connectivity index (χ3v) is 3.39. The zero-order chi connectivity index (χ0) is 14.5. The number of amides is 2. The minimum atomic E-state index is -1.10. The third kappa shape index (κ3) is 3.57. The molecule has 0 aromatic heterocycles. The highest BCUT2D eigenvalue weighted by molar-refractivity contribution is 5.79. The molecule has 7 heteroatoms. The second-order valence-corrected chi connectivity index (χ2v) is 4.95. The number of aliphatic carboxylic acids is 1. The highest BCUT2D eigenvalue weighted by Gasteiger charge is 2.47. The highest BCUT2D eigenvalue weighted by Crippen LogP contribution is 2.28. The topological polar surface area (TPSA) is 99.1 Å². The molecule has 0 aromatic rings. The lowest BCUT2D eigenvalue weighted by atomic mass is 9.85. The van der Waals surface area contributed by atoms with Crippen LogP contribution in [0.25, 0.3) is 0 Å². The van der Waals surface area contributed by atoms with E-state index in [9.17, 15) is 14.7 Å². The van der Waals surface area contributed by atoms with Gasteiger partial charge in [0.25, 0.3) is 0 Å². The summed E-state index contributed by atoms with van der Waals surface area (Å²) in [7, 11) is 0. The van der Waals surface area contributed by atoms with Crippen LogP contribution in [-0.4, -0.2) is 66.1 Å². The molecule has 1 saturated heterocycles. The number of urea groups is 1. The molecule has 2 atom stereocenters. The Morgan fingerprint density at radius 1 is 1.47 bits per heavy atom. The molecule has 2 unspecified atom stereocenters. The average molecular weight is 274 g/mol. The third-order valence-electron chi connectivity index (χ3n) is 3.39. The van der Waals surface area contributed by atoms with Crippen molar-refractivity contribution in [2.45, 2.75) is 26.3 Å². The minimum absolute atomic E-state index is 0.0844. The number of aliphatic hydroxyl groups excluding tert-OH is 1. The van der Waals surface area contributed by atoms with Crippen molar-refractivity contribution in [1.82, 2.24) is 10.2 Å². The lowest BCUT2D eigenvalue weighted by molar-refractivity contribution is -0.148. The summed E-state index contributed by atoms with van der Waals surface area (Å²) in [6, 6.07) is -0.922. The molecular formula is C12H22N2O5. The molecule has 1 aliphatic rings. The number of carbonyl (C=O) groups excluding carboxylic acids is 1. The molecule has 1 aliphatic heterocycles. The number of hydrogen-bond donors (Lipinski definition) is 3. The van der Waals surface area contributed by atoms with E-state index in [1.54, 1.807) is 6.92 Å². The molecule has 2 amide bonds. The number of hydrogen-bond acceptors (Lipinski definition) is 4. The fraction of sp³-hybridized carbons (Fsp3) is 0.833. The van der Waals surface area contributed by atoms with Crippen molar-refractivity contribution < 1.29 is 24.5 Å². The fourth-order valence-corrected chi connectivity index (χ4v) is 2.03. The van der Waals surface area contributed by atoms with E-state index >= 15 is 0 Å². The first-order valence-electron chi connectivity index (χ1n) is 6.43. The molecule has 0 radical (unpaired) electrons. The van der Waals surface area contributed by atoms with E-state index < -0.39 is 17.4 Å². The number of aliphatic hydroxyl groups is 1. The summed E-state index contributed by atoms with van der Waals surface area (Å²) in [6.07, 6.45) is 0.769. The van der Waals surface area contributed by atoms with E-state index in [0.29, 0.717) is 6.54 Å². The minimum Gasteiger partial charge on any atom is -0.481 e. The summed E-state index contributed by atoms with van der Waals surface area (Å²) in [5, 5.41) is 20.8. The van der Waals surface area contributed by atoms with Crippen molar-refractivity contribution in [3.63, 3.8) is 0 Å².